The molecule has 4 rings (SSSR count). The highest BCUT2D eigenvalue weighted by Crippen LogP contribution is 2.36. The number of likely N-dealkylation sites (tertiary alicyclic amines) is 1. The summed E-state index contributed by atoms with van der Waals surface area (Å²) in [5.74, 6) is 0.0935. The van der Waals surface area contributed by atoms with Gasteiger partial charge in [-0.2, -0.15) is 13.2 Å². The second-order valence-electron chi connectivity index (χ2n) is 8.98. The molecule has 35 heavy (non-hydrogen) atoms. The van der Waals surface area contributed by atoms with Crippen molar-refractivity contribution >= 4 is 28.7 Å². The maximum atomic E-state index is 13.5. The number of aromatic nitrogens is 1. The van der Waals surface area contributed by atoms with Gasteiger partial charge in [0.25, 0.3) is 11.8 Å². The lowest BCUT2D eigenvalue weighted by molar-refractivity contribution is -0.137. The molecule has 186 valence electrons. The SMILES string of the molecule is CCNC(=O)c1csc(C2CCN(C(=O)C3=CC(C)CC=C3c3ccc(C(F)(F)F)cc3)CC2)n1. The Hall–Kier alpha value is -2.94. The summed E-state index contributed by atoms with van der Waals surface area (Å²) in [5, 5.41) is 5.44. The van der Waals surface area contributed by atoms with Gasteiger partial charge in [-0.15, -0.1) is 11.3 Å². The van der Waals surface area contributed by atoms with E-state index in [4.69, 9.17) is 0 Å². The van der Waals surface area contributed by atoms with Gasteiger partial charge < -0.3 is 10.2 Å². The first-order valence-electron chi connectivity index (χ1n) is 11.8. The van der Waals surface area contributed by atoms with Crippen LogP contribution in [0.5, 0.6) is 0 Å². The molecule has 0 spiro atoms. The normalized spacial score (nSPS) is 19.2. The lowest BCUT2D eigenvalue weighted by Crippen LogP contribution is -2.39. The van der Waals surface area contributed by atoms with Gasteiger partial charge in [-0.3, -0.25) is 9.59 Å². The molecular weight excluding hydrogens is 475 g/mol. The molecule has 2 amide bonds. The van der Waals surface area contributed by atoms with E-state index in [-0.39, 0.29) is 23.7 Å². The first kappa shape index (κ1) is 25.2. The Morgan fingerprint density at radius 2 is 1.86 bits per heavy atom. The topological polar surface area (TPSA) is 62.3 Å². The predicted molar refractivity (Wildman–Crippen MR) is 130 cm³/mol. The van der Waals surface area contributed by atoms with Crippen LogP contribution in [0.15, 0.2) is 47.4 Å². The number of amides is 2. The molecule has 2 heterocycles. The Labute approximate surface area is 206 Å². The molecule has 1 unspecified atom stereocenters. The molecule has 0 radical (unpaired) electrons. The van der Waals surface area contributed by atoms with Gasteiger partial charge in [-0.1, -0.05) is 31.2 Å². The molecule has 0 bridgehead atoms. The van der Waals surface area contributed by atoms with Crippen molar-refractivity contribution in [1.82, 2.24) is 15.2 Å². The second-order valence-corrected chi connectivity index (χ2v) is 9.87. The zero-order valence-electron chi connectivity index (χ0n) is 19.7. The largest absolute Gasteiger partial charge is 0.416 e. The third-order valence-corrected chi connectivity index (χ3v) is 7.42. The number of allylic oxidation sites excluding steroid dienone is 2. The number of carbonyl (C=O) groups excluding carboxylic acids is 2. The van der Waals surface area contributed by atoms with E-state index in [2.05, 4.69) is 10.3 Å². The maximum Gasteiger partial charge on any atom is 0.416 e. The Bertz CT molecular complexity index is 1140. The van der Waals surface area contributed by atoms with E-state index < -0.39 is 11.7 Å². The minimum absolute atomic E-state index is 0.0942. The van der Waals surface area contributed by atoms with E-state index in [1.165, 1.54) is 23.5 Å². The quantitative estimate of drug-likeness (QED) is 0.572. The lowest BCUT2D eigenvalue weighted by atomic mass is 9.86. The summed E-state index contributed by atoms with van der Waals surface area (Å²) in [7, 11) is 0. The highest BCUT2D eigenvalue weighted by molar-refractivity contribution is 7.09. The van der Waals surface area contributed by atoms with E-state index in [9.17, 15) is 22.8 Å². The third kappa shape index (κ3) is 5.66. The fourth-order valence-corrected chi connectivity index (χ4v) is 5.46. The van der Waals surface area contributed by atoms with Crippen molar-refractivity contribution in [2.45, 2.75) is 45.2 Å². The number of alkyl halides is 3. The van der Waals surface area contributed by atoms with Gasteiger partial charge >= 0.3 is 6.18 Å². The van der Waals surface area contributed by atoms with Crippen LogP contribution in [-0.4, -0.2) is 41.3 Å². The van der Waals surface area contributed by atoms with Crippen LogP contribution in [0.3, 0.4) is 0 Å². The first-order chi connectivity index (χ1) is 16.7. The molecule has 1 saturated heterocycles. The van der Waals surface area contributed by atoms with E-state index in [1.54, 1.807) is 5.38 Å². The van der Waals surface area contributed by atoms with E-state index >= 15 is 0 Å². The molecular formula is C26H28F3N3O2S. The van der Waals surface area contributed by atoms with Crippen LogP contribution in [0, 0.1) is 5.92 Å². The zero-order chi connectivity index (χ0) is 25.2. The average Bonchev–Trinajstić information content (AvgIpc) is 3.34. The standard InChI is InChI=1S/C26H28F3N3O2S/c1-3-30-23(33)22-15-35-24(31-22)18-10-12-32(13-11-18)25(34)21-14-16(2)4-9-20(21)17-5-7-19(8-6-17)26(27,28)29/h5-9,14-16,18H,3-4,10-13H2,1-2H3,(H,30,33). The monoisotopic (exact) mass is 503 g/mol. The molecule has 9 heteroatoms. The van der Waals surface area contributed by atoms with Crippen molar-refractivity contribution in [2.24, 2.45) is 5.92 Å². The van der Waals surface area contributed by atoms with Gasteiger partial charge in [-0.25, -0.2) is 4.98 Å². The van der Waals surface area contributed by atoms with Crippen molar-refractivity contribution < 1.29 is 22.8 Å². The van der Waals surface area contributed by atoms with Gasteiger partial charge in [0.15, 0.2) is 0 Å². The minimum Gasteiger partial charge on any atom is -0.351 e. The molecule has 1 aromatic heterocycles. The molecule has 1 aliphatic carbocycles. The van der Waals surface area contributed by atoms with Crippen LogP contribution in [0.4, 0.5) is 13.2 Å². The van der Waals surface area contributed by atoms with Crippen molar-refractivity contribution in [3.8, 4) is 0 Å². The zero-order valence-corrected chi connectivity index (χ0v) is 20.5. The summed E-state index contributed by atoms with van der Waals surface area (Å²) in [4.78, 5) is 31.8. The summed E-state index contributed by atoms with van der Waals surface area (Å²) in [5.41, 5.74) is 1.57. The number of piperidine rings is 1. The van der Waals surface area contributed by atoms with Gasteiger partial charge in [0, 0.05) is 36.5 Å². The summed E-state index contributed by atoms with van der Waals surface area (Å²) in [6, 6.07) is 5.00. The van der Waals surface area contributed by atoms with Crippen LogP contribution in [0.25, 0.3) is 5.57 Å². The number of carbonyl (C=O) groups is 2. The number of nitrogens with zero attached hydrogens (tertiary/aromatic N) is 2. The summed E-state index contributed by atoms with van der Waals surface area (Å²) < 4.78 is 38.9. The summed E-state index contributed by atoms with van der Waals surface area (Å²) in [6.07, 6.45) is 1.71. The van der Waals surface area contributed by atoms with Gasteiger partial charge in [0.2, 0.25) is 0 Å². The predicted octanol–water partition coefficient (Wildman–Crippen LogP) is 5.67. The summed E-state index contributed by atoms with van der Waals surface area (Å²) in [6.45, 7) is 5.55. The van der Waals surface area contributed by atoms with Gasteiger partial charge in [0.1, 0.15) is 5.69 Å². The van der Waals surface area contributed by atoms with Crippen LogP contribution in [0.1, 0.15) is 65.7 Å². The van der Waals surface area contributed by atoms with Crippen LogP contribution >= 0.6 is 11.3 Å². The molecule has 1 aromatic carbocycles. The van der Waals surface area contributed by atoms with Crippen molar-refractivity contribution in [3.05, 3.63) is 69.2 Å². The molecule has 1 fully saturated rings. The molecule has 1 aliphatic heterocycles. The minimum atomic E-state index is -4.40. The van der Waals surface area contributed by atoms with E-state index in [0.717, 1.165) is 36.4 Å². The Morgan fingerprint density at radius 3 is 2.49 bits per heavy atom. The van der Waals surface area contributed by atoms with Gasteiger partial charge in [0.05, 0.1) is 10.6 Å². The Balaban J connectivity index is 1.45. The first-order valence-corrected chi connectivity index (χ1v) is 12.7. The number of hydrogen-bond acceptors (Lipinski definition) is 4. The number of halogens is 3. The highest BCUT2D eigenvalue weighted by atomic mass is 32.1. The average molecular weight is 504 g/mol. The van der Waals surface area contributed by atoms with Crippen molar-refractivity contribution in [3.63, 3.8) is 0 Å². The molecule has 0 saturated carbocycles. The molecule has 2 aromatic rings. The molecule has 1 N–H and O–H groups in total. The van der Waals surface area contributed by atoms with Crippen LogP contribution in [0.2, 0.25) is 0 Å². The summed E-state index contributed by atoms with van der Waals surface area (Å²) >= 11 is 1.47. The Kier molecular flexibility index (Phi) is 7.44. The number of hydrogen-bond donors (Lipinski definition) is 1. The fraction of sp³-hybridized carbons (Fsp3) is 0.423. The van der Waals surface area contributed by atoms with Crippen LogP contribution in [-0.2, 0) is 11.0 Å². The number of rotatable bonds is 5. The maximum absolute atomic E-state index is 13.5. The van der Waals surface area contributed by atoms with Crippen LogP contribution < -0.4 is 5.32 Å². The number of thiazole rings is 1. The van der Waals surface area contributed by atoms with E-state index in [1.807, 2.05) is 30.9 Å². The third-order valence-electron chi connectivity index (χ3n) is 6.41. The second kappa shape index (κ2) is 10.4. The van der Waals surface area contributed by atoms with Crippen molar-refractivity contribution in [1.29, 1.82) is 0 Å². The number of nitrogens with one attached hydrogen (secondary N) is 1. The van der Waals surface area contributed by atoms with Gasteiger partial charge in [-0.05, 0) is 55.4 Å². The molecule has 5 nitrogen and oxygen atoms in total. The molecule has 1 atom stereocenters. The number of benzene rings is 1. The highest BCUT2D eigenvalue weighted by Gasteiger charge is 2.32. The van der Waals surface area contributed by atoms with Crippen molar-refractivity contribution in [2.75, 3.05) is 19.6 Å². The lowest BCUT2D eigenvalue weighted by Gasteiger charge is -2.33. The molecule has 2 aliphatic rings. The Morgan fingerprint density at radius 1 is 1.17 bits per heavy atom. The fourth-order valence-electron chi connectivity index (χ4n) is 4.49. The smallest absolute Gasteiger partial charge is 0.351 e. The van der Waals surface area contributed by atoms with E-state index in [0.29, 0.717) is 42.0 Å².